The molecule has 0 saturated heterocycles. The van der Waals surface area contributed by atoms with Crippen molar-refractivity contribution >= 4 is 11.6 Å². The number of rotatable bonds is 0. The molecule has 0 bridgehead atoms. The van der Waals surface area contributed by atoms with Crippen molar-refractivity contribution in [2.75, 3.05) is 4.90 Å². The summed E-state index contributed by atoms with van der Waals surface area (Å²) in [7, 11) is 0. The minimum atomic E-state index is -0.108. The number of nitrogens with two attached hydrogens (primary N) is 1. The summed E-state index contributed by atoms with van der Waals surface area (Å²) < 4.78 is 0. The summed E-state index contributed by atoms with van der Waals surface area (Å²) in [4.78, 5) is 13.4. The Morgan fingerprint density at radius 3 is 2.88 bits per heavy atom. The van der Waals surface area contributed by atoms with Gasteiger partial charge in [-0.25, -0.2) is 0 Å². The molecule has 0 aromatic heterocycles. The van der Waals surface area contributed by atoms with Crippen LogP contribution in [0.2, 0.25) is 0 Å². The maximum atomic E-state index is 11.7. The number of amides is 1. The third-order valence-corrected chi connectivity index (χ3v) is 3.19. The van der Waals surface area contributed by atoms with E-state index < -0.39 is 0 Å². The van der Waals surface area contributed by atoms with Gasteiger partial charge in [0, 0.05) is 24.7 Å². The van der Waals surface area contributed by atoms with Crippen molar-refractivity contribution in [3.63, 3.8) is 0 Å². The first-order valence-corrected chi connectivity index (χ1v) is 5.64. The molecule has 1 amide bonds. The van der Waals surface area contributed by atoms with Crippen LogP contribution in [0.25, 0.3) is 0 Å². The van der Waals surface area contributed by atoms with Crippen LogP contribution in [0.1, 0.15) is 37.4 Å². The van der Waals surface area contributed by atoms with Gasteiger partial charge in [-0.1, -0.05) is 0 Å². The first kappa shape index (κ1) is 11.6. The van der Waals surface area contributed by atoms with Gasteiger partial charge in [-0.05, 0) is 37.1 Å². The van der Waals surface area contributed by atoms with Crippen LogP contribution in [0.3, 0.4) is 0 Å². The number of benzene rings is 1. The molecule has 2 rings (SSSR count). The zero-order valence-corrected chi connectivity index (χ0v) is 9.97. The van der Waals surface area contributed by atoms with Crippen LogP contribution in [0.4, 0.5) is 5.69 Å². The number of hydrogen-bond donors (Lipinski definition) is 1. The predicted octanol–water partition coefficient (Wildman–Crippen LogP) is 1.70. The largest absolute Gasteiger partial charge is 0.324 e. The van der Waals surface area contributed by atoms with Crippen LogP contribution in [0.5, 0.6) is 0 Å². The van der Waals surface area contributed by atoms with Crippen molar-refractivity contribution in [2.24, 2.45) is 5.73 Å². The van der Waals surface area contributed by atoms with E-state index in [0.717, 1.165) is 17.7 Å². The van der Waals surface area contributed by atoms with Crippen molar-refractivity contribution in [1.82, 2.24) is 0 Å². The van der Waals surface area contributed by atoms with E-state index in [0.29, 0.717) is 5.56 Å². The number of hydrogen-bond acceptors (Lipinski definition) is 3. The highest BCUT2D eigenvalue weighted by Crippen LogP contribution is 2.36. The van der Waals surface area contributed by atoms with E-state index in [-0.39, 0.29) is 18.0 Å². The quantitative estimate of drug-likeness (QED) is 0.736. The standard InChI is InChI=1S/C13H15N3O/c1-8-5-12(15)11-6-10(7-14)3-4-13(11)16(8)9(2)17/h3-4,6,8,12H,5,15H2,1-2H3/t8-,12+/m0/s1. The van der Waals surface area contributed by atoms with Gasteiger partial charge in [-0.3, -0.25) is 4.79 Å². The third kappa shape index (κ3) is 1.90. The van der Waals surface area contributed by atoms with Gasteiger partial charge in [0.15, 0.2) is 0 Å². The molecule has 0 saturated carbocycles. The van der Waals surface area contributed by atoms with Crippen LogP contribution in [0, 0.1) is 11.3 Å². The van der Waals surface area contributed by atoms with Gasteiger partial charge in [-0.15, -0.1) is 0 Å². The molecule has 0 radical (unpaired) electrons. The third-order valence-electron chi connectivity index (χ3n) is 3.19. The van der Waals surface area contributed by atoms with Crippen LogP contribution in [0.15, 0.2) is 18.2 Å². The summed E-state index contributed by atoms with van der Waals surface area (Å²) in [5.41, 5.74) is 8.38. The van der Waals surface area contributed by atoms with E-state index in [9.17, 15) is 4.79 Å². The highest BCUT2D eigenvalue weighted by molar-refractivity contribution is 5.93. The number of nitrogens with zero attached hydrogens (tertiary/aromatic N) is 2. The maximum Gasteiger partial charge on any atom is 0.224 e. The molecule has 1 aromatic rings. The van der Waals surface area contributed by atoms with Crippen LogP contribution < -0.4 is 10.6 Å². The predicted molar refractivity (Wildman–Crippen MR) is 65.3 cm³/mol. The first-order chi connectivity index (χ1) is 8.04. The van der Waals surface area contributed by atoms with E-state index >= 15 is 0 Å². The molecule has 0 fully saturated rings. The molecule has 0 spiro atoms. The van der Waals surface area contributed by atoms with Crippen LogP contribution in [-0.2, 0) is 4.79 Å². The normalized spacial score (nSPS) is 22.8. The number of nitriles is 1. The zero-order valence-electron chi connectivity index (χ0n) is 9.97. The summed E-state index contributed by atoms with van der Waals surface area (Å²) in [5.74, 6) is 0.00959. The second-order valence-electron chi connectivity index (χ2n) is 4.47. The molecule has 0 unspecified atom stereocenters. The molecule has 1 aliphatic heterocycles. The molecular formula is C13H15N3O. The van der Waals surface area contributed by atoms with Crippen molar-refractivity contribution in [3.05, 3.63) is 29.3 Å². The fourth-order valence-corrected chi connectivity index (χ4v) is 2.46. The minimum Gasteiger partial charge on any atom is -0.324 e. The van der Waals surface area contributed by atoms with Gasteiger partial charge in [0.05, 0.1) is 11.6 Å². The number of fused-ring (bicyclic) bond motifs is 1. The molecule has 88 valence electrons. The maximum absolute atomic E-state index is 11.7. The average molecular weight is 229 g/mol. The SMILES string of the molecule is CC(=O)N1c2ccc(C#N)cc2[C@H](N)C[C@@H]1C. The van der Waals surface area contributed by atoms with Crippen molar-refractivity contribution in [2.45, 2.75) is 32.4 Å². The van der Waals surface area contributed by atoms with E-state index in [1.165, 1.54) is 0 Å². The smallest absolute Gasteiger partial charge is 0.224 e. The average Bonchev–Trinajstić information content (AvgIpc) is 2.28. The zero-order chi connectivity index (χ0) is 12.6. The molecule has 2 N–H and O–H groups in total. The summed E-state index contributed by atoms with van der Waals surface area (Å²) >= 11 is 0. The van der Waals surface area contributed by atoms with Gasteiger partial charge < -0.3 is 10.6 Å². The van der Waals surface area contributed by atoms with Gasteiger partial charge in [0.2, 0.25) is 5.91 Å². The van der Waals surface area contributed by atoms with Crippen molar-refractivity contribution in [1.29, 1.82) is 5.26 Å². The van der Waals surface area contributed by atoms with E-state index in [2.05, 4.69) is 6.07 Å². The molecule has 1 aliphatic rings. The van der Waals surface area contributed by atoms with Gasteiger partial charge in [0.1, 0.15) is 0 Å². The Labute approximate surface area is 101 Å². The van der Waals surface area contributed by atoms with Crippen molar-refractivity contribution in [3.8, 4) is 6.07 Å². The Bertz CT molecular complexity index is 504. The number of carbonyl (C=O) groups excluding carboxylic acids is 1. The Morgan fingerprint density at radius 2 is 2.29 bits per heavy atom. The van der Waals surface area contributed by atoms with Gasteiger partial charge >= 0.3 is 0 Å². The number of anilines is 1. The van der Waals surface area contributed by atoms with E-state index in [4.69, 9.17) is 11.0 Å². The molecule has 1 heterocycles. The molecule has 1 aromatic carbocycles. The molecular weight excluding hydrogens is 214 g/mol. The molecule has 17 heavy (non-hydrogen) atoms. The highest BCUT2D eigenvalue weighted by Gasteiger charge is 2.30. The Kier molecular flexibility index (Phi) is 2.86. The Balaban J connectivity index is 2.56. The van der Waals surface area contributed by atoms with E-state index in [1.54, 1.807) is 24.0 Å². The van der Waals surface area contributed by atoms with E-state index in [1.807, 2.05) is 13.0 Å². The lowest BCUT2D eigenvalue weighted by Gasteiger charge is -2.37. The lowest BCUT2D eigenvalue weighted by Crippen LogP contribution is -2.43. The molecule has 2 atom stereocenters. The van der Waals surface area contributed by atoms with Gasteiger partial charge in [-0.2, -0.15) is 5.26 Å². The summed E-state index contributed by atoms with van der Waals surface area (Å²) in [5, 5.41) is 8.88. The lowest BCUT2D eigenvalue weighted by molar-refractivity contribution is -0.117. The minimum absolute atomic E-state index is 0.00959. The fraction of sp³-hybridized carbons (Fsp3) is 0.385. The summed E-state index contributed by atoms with van der Waals surface area (Å²) in [6.07, 6.45) is 0.724. The number of carbonyl (C=O) groups is 1. The first-order valence-electron chi connectivity index (χ1n) is 5.64. The molecule has 0 aliphatic carbocycles. The second kappa shape index (κ2) is 4.19. The summed E-state index contributed by atoms with van der Waals surface area (Å²) in [6, 6.07) is 7.40. The second-order valence-corrected chi connectivity index (χ2v) is 4.47. The van der Waals surface area contributed by atoms with Crippen molar-refractivity contribution < 1.29 is 4.79 Å². The summed E-state index contributed by atoms with van der Waals surface area (Å²) in [6.45, 7) is 3.54. The molecule has 4 nitrogen and oxygen atoms in total. The van der Waals surface area contributed by atoms with Crippen LogP contribution >= 0.6 is 0 Å². The highest BCUT2D eigenvalue weighted by atomic mass is 16.2. The monoisotopic (exact) mass is 229 g/mol. The Morgan fingerprint density at radius 1 is 1.59 bits per heavy atom. The van der Waals surface area contributed by atoms with Gasteiger partial charge in [0.25, 0.3) is 0 Å². The topological polar surface area (TPSA) is 70.1 Å². The fourth-order valence-electron chi connectivity index (χ4n) is 2.46. The lowest BCUT2D eigenvalue weighted by atomic mass is 9.91. The molecule has 4 heteroatoms. The Hall–Kier alpha value is -1.86. The van der Waals surface area contributed by atoms with Crippen LogP contribution in [-0.4, -0.2) is 11.9 Å².